The van der Waals surface area contributed by atoms with Crippen molar-refractivity contribution in [1.82, 2.24) is 20.0 Å². The van der Waals surface area contributed by atoms with Crippen molar-refractivity contribution in [3.8, 4) is 17.6 Å². The summed E-state index contributed by atoms with van der Waals surface area (Å²) in [5.41, 5.74) is -1.86. The Morgan fingerprint density at radius 1 is 1.33 bits per heavy atom. The number of aromatic nitrogens is 3. The SMILES string of the molecule is N#CCCOCCN1CCC(c2nc(-c3ccccn3)no2)(C(F)(F)F)C1. The summed E-state index contributed by atoms with van der Waals surface area (Å²) in [5.74, 6) is -0.406. The lowest BCUT2D eigenvalue weighted by atomic mass is 9.86. The Bertz CT molecular complexity index is 790. The van der Waals surface area contributed by atoms with Gasteiger partial charge in [-0.05, 0) is 25.1 Å². The summed E-state index contributed by atoms with van der Waals surface area (Å²) in [6.07, 6.45) is -2.94. The molecule has 144 valence electrons. The zero-order valence-corrected chi connectivity index (χ0v) is 14.4. The first kappa shape index (κ1) is 19.3. The summed E-state index contributed by atoms with van der Waals surface area (Å²) in [5, 5.41) is 12.1. The molecule has 2 aromatic rings. The zero-order valence-electron chi connectivity index (χ0n) is 14.4. The number of ether oxygens (including phenoxy) is 1. The molecule has 0 bridgehead atoms. The van der Waals surface area contributed by atoms with Gasteiger partial charge < -0.3 is 9.26 Å². The van der Waals surface area contributed by atoms with E-state index in [1.165, 1.54) is 6.20 Å². The predicted molar refractivity (Wildman–Crippen MR) is 87.4 cm³/mol. The van der Waals surface area contributed by atoms with E-state index in [2.05, 4.69) is 15.1 Å². The molecule has 0 amide bonds. The van der Waals surface area contributed by atoms with Crippen LogP contribution in [0.5, 0.6) is 0 Å². The first-order valence-electron chi connectivity index (χ1n) is 8.46. The van der Waals surface area contributed by atoms with E-state index in [9.17, 15) is 13.2 Å². The van der Waals surface area contributed by atoms with E-state index in [1.54, 1.807) is 23.1 Å². The van der Waals surface area contributed by atoms with E-state index in [4.69, 9.17) is 14.5 Å². The van der Waals surface area contributed by atoms with Crippen molar-refractivity contribution in [2.24, 2.45) is 0 Å². The second-order valence-electron chi connectivity index (χ2n) is 6.26. The van der Waals surface area contributed by atoms with E-state index >= 15 is 0 Å². The molecule has 1 fully saturated rings. The van der Waals surface area contributed by atoms with Gasteiger partial charge in [0, 0.05) is 19.3 Å². The molecular formula is C17H18F3N5O2. The predicted octanol–water partition coefficient (Wildman–Crippen LogP) is 2.57. The van der Waals surface area contributed by atoms with Crippen LogP contribution in [0, 0.1) is 11.3 Å². The van der Waals surface area contributed by atoms with Crippen LogP contribution in [0.3, 0.4) is 0 Å². The van der Waals surface area contributed by atoms with Gasteiger partial charge in [0.05, 0.1) is 25.7 Å². The summed E-state index contributed by atoms with van der Waals surface area (Å²) >= 11 is 0. The fourth-order valence-electron chi connectivity index (χ4n) is 3.04. The Hall–Kier alpha value is -2.51. The summed E-state index contributed by atoms with van der Waals surface area (Å²) in [7, 11) is 0. The summed E-state index contributed by atoms with van der Waals surface area (Å²) in [6.45, 7) is 0.833. The van der Waals surface area contributed by atoms with Gasteiger partial charge in [-0.15, -0.1) is 0 Å². The number of nitrogens with zero attached hydrogens (tertiary/aromatic N) is 5. The Morgan fingerprint density at radius 3 is 2.89 bits per heavy atom. The van der Waals surface area contributed by atoms with Gasteiger partial charge in [-0.2, -0.15) is 23.4 Å². The number of likely N-dealkylation sites (tertiary alicyclic amines) is 1. The molecule has 3 rings (SSSR count). The van der Waals surface area contributed by atoms with Gasteiger partial charge in [0.15, 0.2) is 5.41 Å². The molecule has 1 unspecified atom stereocenters. The topological polar surface area (TPSA) is 88.1 Å². The summed E-state index contributed by atoms with van der Waals surface area (Å²) in [4.78, 5) is 9.70. The first-order valence-corrected chi connectivity index (χ1v) is 8.46. The van der Waals surface area contributed by atoms with Crippen LogP contribution in [0.15, 0.2) is 28.9 Å². The summed E-state index contributed by atoms with van der Waals surface area (Å²) < 4.78 is 52.1. The van der Waals surface area contributed by atoms with Gasteiger partial charge in [0.2, 0.25) is 11.7 Å². The Labute approximate surface area is 153 Å². The molecule has 0 aromatic carbocycles. The van der Waals surface area contributed by atoms with Crippen LogP contribution in [0.1, 0.15) is 18.7 Å². The molecule has 1 saturated heterocycles. The highest BCUT2D eigenvalue weighted by Crippen LogP contribution is 2.47. The molecule has 7 nitrogen and oxygen atoms in total. The van der Waals surface area contributed by atoms with Crippen LogP contribution in [0.25, 0.3) is 11.5 Å². The first-order chi connectivity index (χ1) is 13.0. The normalized spacial score (nSPS) is 20.7. The maximum Gasteiger partial charge on any atom is 0.404 e. The molecule has 0 saturated carbocycles. The third-order valence-corrected chi connectivity index (χ3v) is 4.53. The van der Waals surface area contributed by atoms with Gasteiger partial charge in [-0.1, -0.05) is 11.2 Å². The van der Waals surface area contributed by atoms with Crippen molar-refractivity contribution in [1.29, 1.82) is 5.26 Å². The van der Waals surface area contributed by atoms with E-state index < -0.39 is 17.5 Å². The quantitative estimate of drug-likeness (QED) is 0.681. The van der Waals surface area contributed by atoms with Gasteiger partial charge in [0.1, 0.15) is 5.69 Å². The minimum Gasteiger partial charge on any atom is -0.379 e. The smallest absolute Gasteiger partial charge is 0.379 e. The molecule has 27 heavy (non-hydrogen) atoms. The lowest BCUT2D eigenvalue weighted by Crippen LogP contribution is -2.45. The minimum absolute atomic E-state index is 0.0347. The highest BCUT2D eigenvalue weighted by atomic mass is 19.4. The molecule has 3 heterocycles. The maximum atomic E-state index is 13.9. The van der Waals surface area contributed by atoms with Crippen molar-refractivity contribution in [2.75, 3.05) is 32.8 Å². The molecule has 1 aliphatic rings. The highest BCUT2D eigenvalue weighted by Gasteiger charge is 2.62. The van der Waals surface area contributed by atoms with Crippen LogP contribution in [0.2, 0.25) is 0 Å². The number of alkyl halides is 3. The van der Waals surface area contributed by atoms with Gasteiger partial charge >= 0.3 is 6.18 Å². The number of halogens is 3. The number of hydrogen-bond acceptors (Lipinski definition) is 7. The van der Waals surface area contributed by atoms with Crippen molar-refractivity contribution >= 4 is 0 Å². The van der Waals surface area contributed by atoms with Crippen LogP contribution in [-0.2, 0) is 10.2 Å². The van der Waals surface area contributed by atoms with Crippen molar-refractivity contribution in [2.45, 2.75) is 24.4 Å². The van der Waals surface area contributed by atoms with Crippen LogP contribution in [0.4, 0.5) is 13.2 Å². The molecule has 10 heteroatoms. The fourth-order valence-corrected chi connectivity index (χ4v) is 3.04. The van der Waals surface area contributed by atoms with Crippen molar-refractivity contribution in [3.63, 3.8) is 0 Å². The molecule has 0 radical (unpaired) electrons. The fraction of sp³-hybridized carbons (Fsp3) is 0.529. The molecule has 1 atom stereocenters. The lowest BCUT2D eigenvalue weighted by Gasteiger charge is -2.28. The Morgan fingerprint density at radius 2 is 2.19 bits per heavy atom. The average Bonchev–Trinajstić information content (AvgIpc) is 3.30. The molecule has 2 aromatic heterocycles. The maximum absolute atomic E-state index is 13.9. The number of nitriles is 1. The summed E-state index contributed by atoms with van der Waals surface area (Å²) in [6, 6.07) is 6.94. The minimum atomic E-state index is -4.53. The van der Waals surface area contributed by atoms with Gasteiger partial charge in [-0.25, -0.2) is 0 Å². The van der Waals surface area contributed by atoms with Crippen LogP contribution >= 0.6 is 0 Å². The van der Waals surface area contributed by atoms with E-state index in [0.29, 0.717) is 12.2 Å². The highest BCUT2D eigenvalue weighted by molar-refractivity contribution is 5.47. The molecular weight excluding hydrogens is 363 g/mol. The van der Waals surface area contributed by atoms with Gasteiger partial charge in [-0.3, -0.25) is 9.88 Å². The largest absolute Gasteiger partial charge is 0.404 e. The molecule has 0 spiro atoms. The standard InChI is InChI=1S/C17H18F3N5O2/c18-17(19,20)16(5-8-25(12-16)9-11-26-10-3-6-21)15-23-14(24-27-15)13-4-1-2-7-22-13/h1-2,4,7H,3,5,8-12H2. The number of pyridine rings is 1. The van der Waals surface area contributed by atoms with Crippen LogP contribution < -0.4 is 0 Å². The van der Waals surface area contributed by atoms with Crippen LogP contribution in [-0.4, -0.2) is 59.0 Å². The van der Waals surface area contributed by atoms with E-state index in [1.807, 2.05) is 6.07 Å². The second-order valence-corrected chi connectivity index (χ2v) is 6.26. The molecule has 0 N–H and O–H groups in total. The molecule has 1 aliphatic heterocycles. The monoisotopic (exact) mass is 381 g/mol. The molecule has 0 aliphatic carbocycles. The average molecular weight is 381 g/mol. The van der Waals surface area contributed by atoms with Crippen molar-refractivity contribution in [3.05, 3.63) is 30.3 Å². The third-order valence-electron chi connectivity index (χ3n) is 4.53. The zero-order chi connectivity index (χ0) is 19.3. The third kappa shape index (κ3) is 4.09. The van der Waals surface area contributed by atoms with Crippen molar-refractivity contribution < 1.29 is 22.4 Å². The van der Waals surface area contributed by atoms with E-state index in [-0.39, 0.29) is 45.0 Å². The lowest BCUT2D eigenvalue weighted by molar-refractivity contribution is -0.193. The van der Waals surface area contributed by atoms with Gasteiger partial charge in [0.25, 0.3) is 0 Å². The number of hydrogen-bond donors (Lipinski definition) is 0. The Balaban J connectivity index is 1.74. The Kier molecular flexibility index (Phi) is 5.72. The number of rotatable bonds is 7. The second kappa shape index (κ2) is 8.02. The van der Waals surface area contributed by atoms with E-state index in [0.717, 1.165) is 0 Å².